The molecule has 2 heterocycles. The summed E-state index contributed by atoms with van der Waals surface area (Å²) in [6.45, 7) is 3.78. The zero-order valence-corrected chi connectivity index (χ0v) is 20.5. The topological polar surface area (TPSA) is 111 Å². The molecule has 0 spiro atoms. The monoisotopic (exact) mass is 502 g/mol. The predicted octanol–water partition coefficient (Wildman–Crippen LogP) is 3.29. The number of nitrogens with zero attached hydrogens (tertiary/aromatic N) is 2. The van der Waals surface area contributed by atoms with Crippen molar-refractivity contribution in [3.63, 3.8) is 0 Å². The van der Waals surface area contributed by atoms with Crippen molar-refractivity contribution < 1.29 is 22.7 Å². The van der Waals surface area contributed by atoms with Crippen LogP contribution in [0.25, 0.3) is 11.3 Å². The summed E-state index contributed by atoms with van der Waals surface area (Å²) >= 11 is 1.49. The van der Waals surface area contributed by atoms with Crippen LogP contribution < -0.4 is 24.9 Å². The highest BCUT2D eigenvalue weighted by Gasteiger charge is 2.16. The SMILES string of the molecule is CCNC(=O)NCCCn1c(-c2ccc3c(c2)OCO3)cs/c1=N\c1ccc(S(C)(=O)=O)cc1. The van der Waals surface area contributed by atoms with Crippen LogP contribution in [0.4, 0.5) is 10.5 Å². The second-order valence-corrected chi connectivity index (χ2v) is 10.5. The third-order valence-corrected chi connectivity index (χ3v) is 7.13. The number of aromatic nitrogens is 1. The van der Waals surface area contributed by atoms with Gasteiger partial charge >= 0.3 is 6.03 Å². The van der Waals surface area contributed by atoms with Crippen LogP contribution in [-0.2, 0) is 16.4 Å². The highest BCUT2D eigenvalue weighted by atomic mass is 32.2. The van der Waals surface area contributed by atoms with Crippen LogP contribution in [-0.4, -0.2) is 45.2 Å². The first kappa shape index (κ1) is 23.8. The molecule has 34 heavy (non-hydrogen) atoms. The number of rotatable bonds is 8. The molecule has 1 aromatic heterocycles. The van der Waals surface area contributed by atoms with Crippen LogP contribution in [0.3, 0.4) is 0 Å². The number of thiazole rings is 1. The fraction of sp³-hybridized carbons (Fsp3) is 0.304. The van der Waals surface area contributed by atoms with Crippen LogP contribution in [0, 0.1) is 0 Å². The van der Waals surface area contributed by atoms with Gasteiger partial charge in [-0.25, -0.2) is 18.2 Å². The molecule has 0 saturated carbocycles. The van der Waals surface area contributed by atoms with E-state index >= 15 is 0 Å². The second kappa shape index (κ2) is 10.3. The molecule has 0 atom stereocenters. The van der Waals surface area contributed by atoms with E-state index in [0.717, 1.165) is 16.1 Å². The Hall–Kier alpha value is -3.31. The molecular weight excluding hydrogens is 476 g/mol. The third kappa shape index (κ3) is 5.60. The van der Waals surface area contributed by atoms with Crippen molar-refractivity contribution in [2.24, 2.45) is 4.99 Å². The normalized spacial score (nSPS) is 13.2. The zero-order valence-electron chi connectivity index (χ0n) is 18.9. The van der Waals surface area contributed by atoms with E-state index in [9.17, 15) is 13.2 Å². The van der Waals surface area contributed by atoms with E-state index in [-0.39, 0.29) is 17.7 Å². The van der Waals surface area contributed by atoms with Crippen LogP contribution in [0.5, 0.6) is 11.5 Å². The van der Waals surface area contributed by atoms with Gasteiger partial charge in [-0.05, 0) is 55.8 Å². The lowest BCUT2D eigenvalue weighted by atomic mass is 10.1. The Labute approximate surface area is 202 Å². The van der Waals surface area contributed by atoms with Gasteiger partial charge in [-0.1, -0.05) is 0 Å². The number of nitrogens with one attached hydrogen (secondary N) is 2. The quantitative estimate of drug-likeness (QED) is 0.459. The molecule has 1 aliphatic heterocycles. The average molecular weight is 503 g/mol. The summed E-state index contributed by atoms with van der Waals surface area (Å²) in [6.07, 6.45) is 1.88. The Balaban J connectivity index is 1.64. The maximum Gasteiger partial charge on any atom is 0.314 e. The number of amides is 2. The van der Waals surface area contributed by atoms with E-state index in [1.54, 1.807) is 24.3 Å². The van der Waals surface area contributed by atoms with Crippen molar-refractivity contribution in [3.05, 3.63) is 52.6 Å². The van der Waals surface area contributed by atoms with Crippen LogP contribution in [0.1, 0.15) is 13.3 Å². The molecule has 180 valence electrons. The van der Waals surface area contributed by atoms with Crippen molar-refractivity contribution in [3.8, 4) is 22.8 Å². The molecule has 2 amide bonds. The van der Waals surface area contributed by atoms with Gasteiger partial charge in [-0.2, -0.15) is 0 Å². The largest absolute Gasteiger partial charge is 0.454 e. The van der Waals surface area contributed by atoms with E-state index in [1.165, 1.54) is 17.6 Å². The van der Waals surface area contributed by atoms with Gasteiger partial charge < -0.3 is 24.7 Å². The van der Waals surface area contributed by atoms with Gasteiger partial charge in [0, 0.05) is 36.8 Å². The van der Waals surface area contributed by atoms with Crippen LogP contribution >= 0.6 is 11.3 Å². The fourth-order valence-corrected chi connectivity index (χ4v) is 5.05. The molecule has 11 heteroatoms. The number of fused-ring (bicyclic) bond motifs is 1. The number of carbonyl (C=O) groups is 1. The van der Waals surface area contributed by atoms with Crippen molar-refractivity contribution in [1.29, 1.82) is 0 Å². The van der Waals surface area contributed by atoms with E-state index in [2.05, 4.69) is 15.2 Å². The number of carbonyl (C=O) groups excluding carboxylic acids is 1. The number of urea groups is 1. The Morgan fingerprint density at radius 3 is 2.62 bits per heavy atom. The summed E-state index contributed by atoms with van der Waals surface area (Å²) in [4.78, 5) is 17.5. The molecule has 0 radical (unpaired) electrons. The van der Waals surface area contributed by atoms with Gasteiger partial charge in [-0.15, -0.1) is 11.3 Å². The maximum absolute atomic E-state index is 11.7. The second-order valence-electron chi connectivity index (χ2n) is 7.64. The number of hydrogen-bond acceptors (Lipinski definition) is 7. The van der Waals surface area contributed by atoms with Gasteiger partial charge in [0.15, 0.2) is 26.1 Å². The Morgan fingerprint density at radius 1 is 1.12 bits per heavy atom. The smallest absolute Gasteiger partial charge is 0.314 e. The summed E-state index contributed by atoms with van der Waals surface area (Å²) < 4.78 is 36.5. The molecule has 0 unspecified atom stereocenters. The van der Waals surface area contributed by atoms with Crippen molar-refractivity contribution in [2.75, 3.05) is 26.1 Å². The minimum absolute atomic E-state index is 0.190. The highest BCUT2D eigenvalue weighted by molar-refractivity contribution is 7.90. The maximum atomic E-state index is 11.7. The zero-order chi connectivity index (χ0) is 24.1. The Bertz CT molecular complexity index is 1340. The van der Waals surface area contributed by atoms with Crippen molar-refractivity contribution in [2.45, 2.75) is 24.8 Å². The number of hydrogen-bond donors (Lipinski definition) is 2. The van der Waals surface area contributed by atoms with Gasteiger partial charge in [0.05, 0.1) is 16.3 Å². The highest BCUT2D eigenvalue weighted by Crippen LogP contribution is 2.36. The first-order chi connectivity index (χ1) is 16.3. The molecule has 4 rings (SSSR count). The molecule has 2 N–H and O–H groups in total. The van der Waals surface area contributed by atoms with E-state index in [4.69, 9.17) is 14.5 Å². The van der Waals surface area contributed by atoms with Gasteiger partial charge in [-0.3, -0.25) is 0 Å². The van der Waals surface area contributed by atoms with E-state index in [0.29, 0.717) is 43.2 Å². The number of sulfone groups is 1. The lowest BCUT2D eigenvalue weighted by Crippen LogP contribution is -2.36. The molecule has 0 saturated heterocycles. The number of ether oxygens (including phenoxy) is 2. The fourth-order valence-electron chi connectivity index (χ4n) is 3.46. The molecule has 1 aliphatic rings. The Morgan fingerprint density at radius 2 is 1.88 bits per heavy atom. The minimum Gasteiger partial charge on any atom is -0.454 e. The van der Waals surface area contributed by atoms with Crippen LogP contribution in [0.15, 0.2) is 57.7 Å². The van der Waals surface area contributed by atoms with Crippen molar-refractivity contribution in [1.82, 2.24) is 15.2 Å². The van der Waals surface area contributed by atoms with Gasteiger partial charge in [0.2, 0.25) is 6.79 Å². The summed E-state index contributed by atoms with van der Waals surface area (Å²) in [7, 11) is -3.27. The van der Waals surface area contributed by atoms with Gasteiger partial charge in [0.1, 0.15) is 0 Å². The van der Waals surface area contributed by atoms with E-state index in [1.807, 2.05) is 30.5 Å². The first-order valence-electron chi connectivity index (χ1n) is 10.8. The van der Waals surface area contributed by atoms with E-state index < -0.39 is 9.84 Å². The summed E-state index contributed by atoms with van der Waals surface area (Å²) in [5.74, 6) is 1.41. The minimum atomic E-state index is -3.27. The molecule has 9 nitrogen and oxygen atoms in total. The molecule has 2 aromatic carbocycles. The van der Waals surface area contributed by atoms with Crippen molar-refractivity contribution >= 4 is 32.9 Å². The number of benzene rings is 2. The lowest BCUT2D eigenvalue weighted by Gasteiger charge is -2.11. The molecule has 3 aromatic rings. The lowest BCUT2D eigenvalue weighted by molar-refractivity contribution is 0.174. The van der Waals surface area contributed by atoms with Gasteiger partial charge in [0.25, 0.3) is 0 Å². The average Bonchev–Trinajstić information content (AvgIpc) is 3.43. The predicted molar refractivity (Wildman–Crippen MR) is 130 cm³/mol. The first-order valence-corrected chi connectivity index (χ1v) is 13.6. The third-order valence-electron chi connectivity index (χ3n) is 5.14. The summed E-state index contributed by atoms with van der Waals surface area (Å²) in [5, 5.41) is 7.59. The molecular formula is C23H26N4O5S2. The summed E-state index contributed by atoms with van der Waals surface area (Å²) in [6, 6.07) is 12.1. The molecule has 0 aliphatic carbocycles. The van der Waals surface area contributed by atoms with Crippen LogP contribution in [0.2, 0.25) is 0 Å². The molecule has 0 fully saturated rings. The Kier molecular flexibility index (Phi) is 7.23. The standard InChI is InChI=1S/C23H26N4O5S2/c1-3-24-22(28)25-11-4-12-27-19(16-5-10-20-21(13-16)32-15-31-20)14-33-23(27)26-17-6-8-18(9-7-17)34(2,29)30/h5-10,13-14H,3-4,11-12,15H2,1-2H3,(H2,24,25,28)/b26-23-. The summed E-state index contributed by atoms with van der Waals surface area (Å²) in [5.41, 5.74) is 2.58. The molecule has 0 bridgehead atoms.